The Balaban J connectivity index is 1.37. The van der Waals surface area contributed by atoms with Crippen molar-refractivity contribution in [3.8, 4) is 11.1 Å². The number of benzene rings is 1. The van der Waals surface area contributed by atoms with Crippen LogP contribution in [0.3, 0.4) is 0 Å². The van der Waals surface area contributed by atoms with Crippen LogP contribution in [0.5, 0.6) is 0 Å². The summed E-state index contributed by atoms with van der Waals surface area (Å²) in [6, 6.07) is 12.5. The molecule has 0 spiro atoms. The van der Waals surface area contributed by atoms with Crippen LogP contribution in [-0.4, -0.2) is 81.1 Å². The lowest BCUT2D eigenvalue weighted by Gasteiger charge is -2.39. The fourth-order valence-electron chi connectivity index (χ4n) is 4.32. The van der Waals surface area contributed by atoms with Gasteiger partial charge in [-0.3, -0.25) is 14.6 Å². The number of hydrogen-bond acceptors (Lipinski definition) is 9. The van der Waals surface area contributed by atoms with Crippen LogP contribution in [0.1, 0.15) is 18.9 Å². The third kappa shape index (κ3) is 7.20. The molecule has 3 heterocycles. The molecule has 4 rings (SSSR count). The number of rotatable bonds is 11. The van der Waals surface area contributed by atoms with E-state index in [1.165, 1.54) is 5.56 Å². The van der Waals surface area contributed by atoms with Crippen LogP contribution in [0.2, 0.25) is 0 Å². The van der Waals surface area contributed by atoms with Gasteiger partial charge in [0.1, 0.15) is 5.82 Å². The normalized spacial score (nSPS) is 16.6. The lowest BCUT2D eigenvalue weighted by Crippen LogP contribution is -2.52. The predicted octanol–water partition coefficient (Wildman–Crippen LogP) is 2.63. The Morgan fingerprint density at radius 2 is 1.97 bits per heavy atom. The standard InChI is InChI=1S/C26H34N8O2/c1-19-16-33(18-25(35)36)10-11-34(19)17-20-4-2-5-23(12-20)32-24-13-21(6-9-28-24)22-14-30-26(31-15-22)29-8-3-7-27/h2,4-6,9,12-15,19H,3,7-8,10-11,16-18,27H2,1H3,(H,28,32)(H,35,36)(H,29,30,31). The molecule has 0 radical (unpaired) electrons. The highest BCUT2D eigenvalue weighted by atomic mass is 16.4. The molecule has 2 aromatic heterocycles. The second-order valence-electron chi connectivity index (χ2n) is 9.07. The Kier molecular flexibility index (Phi) is 8.77. The summed E-state index contributed by atoms with van der Waals surface area (Å²) >= 11 is 0. The van der Waals surface area contributed by atoms with Gasteiger partial charge in [-0.05, 0) is 55.3 Å². The number of carboxylic acids is 1. The molecule has 1 unspecified atom stereocenters. The van der Waals surface area contributed by atoms with E-state index in [4.69, 9.17) is 10.8 Å². The van der Waals surface area contributed by atoms with Crippen LogP contribution < -0.4 is 16.4 Å². The molecule has 1 fully saturated rings. The number of hydrogen-bond donors (Lipinski definition) is 4. The quantitative estimate of drug-likeness (QED) is 0.297. The SMILES string of the molecule is CC1CN(CC(=O)O)CCN1Cc1cccc(Nc2cc(-c3cnc(NCCCN)nc3)ccn2)c1. The van der Waals surface area contributed by atoms with E-state index in [0.717, 1.165) is 61.8 Å². The van der Waals surface area contributed by atoms with Crippen LogP contribution in [0.4, 0.5) is 17.5 Å². The third-order valence-electron chi connectivity index (χ3n) is 6.20. The second-order valence-corrected chi connectivity index (χ2v) is 9.07. The maximum atomic E-state index is 11.0. The highest BCUT2D eigenvalue weighted by Crippen LogP contribution is 2.24. The minimum absolute atomic E-state index is 0.103. The van der Waals surface area contributed by atoms with Gasteiger partial charge in [-0.25, -0.2) is 15.0 Å². The monoisotopic (exact) mass is 490 g/mol. The first-order chi connectivity index (χ1) is 17.5. The summed E-state index contributed by atoms with van der Waals surface area (Å²) in [7, 11) is 0. The van der Waals surface area contributed by atoms with Crippen molar-refractivity contribution in [2.45, 2.75) is 25.9 Å². The molecule has 1 aliphatic rings. The average Bonchev–Trinajstić information content (AvgIpc) is 2.86. The van der Waals surface area contributed by atoms with Crippen molar-refractivity contribution in [1.82, 2.24) is 24.8 Å². The second kappa shape index (κ2) is 12.4. The van der Waals surface area contributed by atoms with Crippen molar-refractivity contribution in [2.24, 2.45) is 5.73 Å². The summed E-state index contributed by atoms with van der Waals surface area (Å²) in [4.78, 5) is 28.7. The van der Waals surface area contributed by atoms with Gasteiger partial charge in [0.15, 0.2) is 0 Å². The Hall–Kier alpha value is -3.60. The van der Waals surface area contributed by atoms with Crippen molar-refractivity contribution in [1.29, 1.82) is 0 Å². The molecule has 36 heavy (non-hydrogen) atoms. The molecule has 0 bridgehead atoms. The molecule has 10 nitrogen and oxygen atoms in total. The van der Waals surface area contributed by atoms with E-state index < -0.39 is 5.97 Å². The molecule has 1 aliphatic heterocycles. The van der Waals surface area contributed by atoms with E-state index in [9.17, 15) is 4.79 Å². The van der Waals surface area contributed by atoms with Crippen LogP contribution in [0.25, 0.3) is 11.1 Å². The zero-order valence-corrected chi connectivity index (χ0v) is 20.6. The predicted molar refractivity (Wildman–Crippen MR) is 141 cm³/mol. The highest BCUT2D eigenvalue weighted by molar-refractivity contribution is 5.69. The van der Waals surface area contributed by atoms with E-state index in [0.29, 0.717) is 12.5 Å². The Bertz CT molecular complexity index is 1140. The molecule has 0 amide bonds. The van der Waals surface area contributed by atoms with Crippen LogP contribution in [0, 0.1) is 0 Å². The maximum Gasteiger partial charge on any atom is 0.317 e. The van der Waals surface area contributed by atoms with Crippen molar-refractivity contribution in [2.75, 3.05) is 49.9 Å². The largest absolute Gasteiger partial charge is 0.480 e. The molecular formula is C26H34N8O2. The number of carbonyl (C=O) groups is 1. The lowest BCUT2D eigenvalue weighted by atomic mass is 10.1. The Morgan fingerprint density at radius 1 is 1.14 bits per heavy atom. The molecule has 190 valence electrons. The van der Waals surface area contributed by atoms with E-state index >= 15 is 0 Å². The molecule has 3 aromatic rings. The molecular weight excluding hydrogens is 456 g/mol. The number of nitrogens with zero attached hydrogens (tertiary/aromatic N) is 5. The summed E-state index contributed by atoms with van der Waals surface area (Å²) in [6.07, 6.45) is 6.24. The zero-order valence-electron chi connectivity index (χ0n) is 20.6. The number of nitrogens with two attached hydrogens (primary N) is 1. The minimum atomic E-state index is -0.771. The van der Waals surface area contributed by atoms with Crippen molar-refractivity contribution >= 4 is 23.4 Å². The maximum absolute atomic E-state index is 11.0. The number of anilines is 3. The topological polar surface area (TPSA) is 133 Å². The molecule has 1 saturated heterocycles. The Morgan fingerprint density at radius 3 is 2.72 bits per heavy atom. The minimum Gasteiger partial charge on any atom is -0.480 e. The van der Waals surface area contributed by atoms with Crippen LogP contribution in [0.15, 0.2) is 55.0 Å². The van der Waals surface area contributed by atoms with Gasteiger partial charge in [0.05, 0.1) is 6.54 Å². The zero-order chi connectivity index (χ0) is 25.3. The van der Waals surface area contributed by atoms with Crippen molar-refractivity contribution in [3.05, 3.63) is 60.6 Å². The summed E-state index contributed by atoms with van der Waals surface area (Å²) in [5, 5.41) is 15.6. The smallest absolute Gasteiger partial charge is 0.317 e. The fraction of sp³-hybridized carbons (Fsp3) is 0.385. The molecule has 10 heteroatoms. The van der Waals surface area contributed by atoms with Crippen LogP contribution >= 0.6 is 0 Å². The van der Waals surface area contributed by atoms with Crippen molar-refractivity contribution in [3.63, 3.8) is 0 Å². The van der Waals surface area contributed by atoms with E-state index in [2.05, 4.69) is 49.5 Å². The number of nitrogens with one attached hydrogen (secondary N) is 2. The van der Waals surface area contributed by atoms with E-state index in [1.807, 2.05) is 29.2 Å². The van der Waals surface area contributed by atoms with Crippen molar-refractivity contribution < 1.29 is 9.90 Å². The first kappa shape index (κ1) is 25.5. The third-order valence-corrected chi connectivity index (χ3v) is 6.20. The molecule has 0 saturated carbocycles. The first-order valence-electron chi connectivity index (χ1n) is 12.3. The molecule has 5 N–H and O–H groups in total. The summed E-state index contributed by atoms with van der Waals surface area (Å²) in [5.74, 6) is 0.562. The van der Waals surface area contributed by atoms with E-state index in [-0.39, 0.29) is 12.6 Å². The number of aliphatic carboxylic acids is 1. The molecule has 1 atom stereocenters. The van der Waals surface area contributed by atoms with Gasteiger partial charge in [0, 0.05) is 68.6 Å². The molecule has 1 aromatic carbocycles. The average molecular weight is 491 g/mol. The summed E-state index contributed by atoms with van der Waals surface area (Å²) < 4.78 is 0. The van der Waals surface area contributed by atoms with Gasteiger partial charge < -0.3 is 21.5 Å². The lowest BCUT2D eigenvalue weighted by molar-refractivity contribution is -0.139. The first-order valence-corrected chi connectivity index (χ1v) is 12.3. The van der Waals surface area contributed by atoms with E-state index in [1.54, 1.807) is 18.6 Å². The Labute approximate surface area is 211 Å². The number of carboxylic acid groups (broad SMARTS) is 1. The van der Waals surface area contributed by atoms with Gasteiger partial charge >= 0.3 is 5.97 Å². The fourth-order valence-corrected chi connectivity index (χ4v) is 4.32. The van der Waals surface area contributed by atoms with Gasteiger partial charge in [0.2, 0.25) is 5.95 Å². The van der Waals surface area contributed by atoms with Gasteiger partial charge in [-0.15, -0.1) is 0 Å². The molecule has 0 aliphatic carbocycles. The summed E-state index contributed by atoms with van der Waals surface area (Å²) in [6.45, 7) is 6.81. The number of pyridine rings is 1. The van der Waals surface area contributed by atoms with Crippen LogP contribution in [-0.2, 0) is 11.3 Å². The summed E-state index contributed by atoms with van der Waals surface area (Å²) in [5.41, 5.74) is 9.57. The number of piperazine rings is 1. The highest BCUT2D eigenvalue weighted by Gasteiger charge is 2.24. The van der Waals surface area contributed by atoms with Gasteiger partial charge in [-0.1, -0.05) is 12.1 Å². The van der Waals surface area contributed by atoms with Gasteiger partial charge in [-0.2, -0.15) is 0 Å². The number of aromatic nitrogens is 3. The van der Waals surface area contributed by atoms with Gasteiger partial charge in [0.25, 0.3) is 0 Å².